The molecular weight excluding hydrogens is 622 g/mol. The van der Waals surface area contributed by atoms with Crippen molar-refractivity contribution in [2.75, 3.05) is 18.1 Å². The molecule has 0 unspecified atom stereocenters. The molecule has 0 aliphatic carbocycles. The summed E-state index contributed by atoms with van der Waals surface area (Å²) < 4.78 is 38.0. The molecule has 2 heterocycles. The molecule has 0 bridgehead atoms. The summed E-state index contributed by atoms with van der Waals surface area (Å²) in [4.78, 5) is 21.9. The van der Waals surface area contributed by atoms with E-state index in [0.717, 1.165) is 76.5 Å². The molecule has 5 aromatic rings. The van der Waals surface area contributed by atoms with Gasteiger partial charge in [0.25, 0.3) is 0 Å². The number of carbonyl (C=O) groups is 1. The van der Waals surface area contributed by atoms with E-state index >= 15 is 0 Å². The summed E-state index contributed by atoms with van der Waals surface area (Å²) in [5.41, 5.74) is 8.27. The molecule has 1 amide bonds. The molecule has 0 saturated carbocycles. The minimum absolute atomic E-state index is 0.131. The summed E-state index contributed by atoms with van der Waals surface area (Å²) in [5, 5.41) is 0. The second-order valence-electron chi connectivity index (χ2n) is 12.2. The summed E-state index contributed by atoms with van der Waals surface area (Å²) in [5.74, 6) is 1.07. The van der Waals surface area contributed by atoms with Crippen molar-refractivity contribution in [3.63, 3.8) is 0 Å². The van der Waals surface area contributed by atoms with E-state index in [1.807, 2.05) is 61.5 Å². The van der Waals surface area contributed by atoms with E-state index in [2.05, 4.69) is 57.5 Å². The van der Waals surface area contributed by atoms with Gasteiger partial charge < -0.3 is 14.0 Å². The Balaban J connectivity index is 1.39. The molecule has 7 nitrogen and oxygen atoms in total. The number of hydrogen-bond acceptors (Lipinski definition) is 5. The van der Waals surface area contributed by atoms with Crippen LogP contribution in [-0.2, 0) is 37.3 Å². The van der Waals surface area contributed by atoms with E-state index < -0.39 is 6.61 Å². The highest BCUT2D eigenvalue weighted by Gasteiger charge is 2.27. The third-order valence-electron chi connectivity index (χ3n) is 8.75. The van der Waals surface area contributed by atoms with Crippen LogP contribution in [0.1, 0.15) is 49.1 Å². The van der Waals surface area contributed by atoms with Gasteiger partial charge in [-0.15, -0.1) is 0 Å². The zero-order chi connectivity index (χ0) is 34.2. The lowest BCUT2D eigenvalue weighted by atomic mass is 10.1. The van der Waals surface area contributed by atoms with E-state index in [1.165, 1.54) is 0 Å². The number of anilines is 1. The number of aromatic nitrogens is 2. The highest BCUT2D eigenvalue weighted by Crippen LogP contribution is 2.33. The first-order valence-corrected chi connectivity index (χ1v) is 17.0. The first kappa shape index (κ1) is 33.9. The summed E-state index contributed by atoms with van der Waals surface area (Å²) in [6.45, 7) is 4.66. The Morgan fingerprint density at radius 2 is 1.53 bits per heavy atom. The normalized spacial score (nSPS) is 12.5. The first-order chi connectivity index (χ1) is 23.9. The number of alkyl halides is 2. The van der Waals surface area contributed by atoms with Crippen LogP contribution in [0.2, 0.25) is 0 Å². The number of hydrogen-bond donors (Lipinski definition) is 0. The number of ether oxygens (including phenoxy) is 2. The minimum atomic E-state index is -2.87. The molecule has 9 heteroatoms. The largest absolute Gasteiger partial charge is 0.449 e. The number of amides is 1. The molecule has 4 aromatic carbocycles. The van der Waals surface area contributed by atoms with Gasteiger partial charge in [0.15, 0.2) is 0 Å². The van der Waals surface area contributed by atoms with Gasteiger partial charge in [0.05, 0.1) is 23.7 Å². The monoisotopic (exact) mass is 664 g/mol. The zero-order valence-electron chi connectivity index (χ0n) is 28.0. The van der Waals surface area contributed by atoms with Gasteiger partial charge in [-0.3, -0.25) is 9.80 Å². The van der Waals surface area contributed by atoms with Gasteiger partial charge >= 0.3 is 12.7 Å². The van der Waals surface area contributed by atoms with Gasteiger partial charge in [0.1, 0.15) is 11.6 Å². The van der Waals surface area contributed by atoms with E-state index in [1.54, 1.807) is 17.0 Å². The average molecular weight is 665 g/mol. The highest BCUT2D eigenvalue weighted by molar-refractivity contribution is 5.90. The maximum absolute atomic E-state index is 12.9. The maximum atomic E-state index is 12.9. The predicted octanol–water partition coefficient (Wildman–Crippen LogP) is 9.34. The van der Waals surface area contributed by atoms with Crippen LogP contribution >= 0.6 is 0 Å². The van der Waals surface area contributed by atoms with Crippen molar-refractivity contribution in [2.24, 2.45) is 0 Å². The molecule has 1 aliphatic rings. The van der Waals surface area contributed by atoms with E-state index in [-0.39, 0.29) is 11.8 Å². The number of carbonyl (C=O) groups excluding carboxylic acids is 1. The molecular formula is C40H42F2N4O3. The number of rotatable bonds is 14. The van der Waals surface area contributed by atoms with Crippen molar-refractivity contribution in [3.8, 4) is 28.4 Å². The van der Waals surface area contributed by atoms with Gasteiger partial charge in [-0.1, -0.05) is 98.3 Å². The SMILES string of the molecule is CCCCn1c(-c2ccccc2)nc(-c2ccccc2)c1CN(Cc1ccc(OC(F)F)cc1)Cc1ccc2c(c1)CCN2C(=O)OCC. The molecule has 0 spiro atoms. The second kappa shape index (κ2) is 15.9. The molecule has 0 fully saturated rings. The van der Waals surface area contributed by atoms with Gasteiger partial charge in [0, 0.05) is 43.9 Å². The van der Waals surface area contributed by atoms with Crippen LogP contribution in [0.3, 0.4) is 0 Å². The van der Waals surface area contributed by atoms with Crippen LogP contribution in [-0.4, -0.2) is 40.3 Å². The zero-order valence-corrected chi connectivity index (χ0v) is 28.0. The fourth-order valence-corrected chi connectivity index (χ4v) is 6.46. The molecule has 1 aromatic heterocycles. The van der Waals surface area contributed by atoms with Gasteiger partial charge in [0.2, 0.25) is 0 Å². The molecule has 0 saturated heterocycles. The van der Waals surface area contributed by atoms with Crippen molar-refractivity contribution in [1.82, 2.24) is 14.5 Å². The lowest BCUT2D eigenvalue weighted by Gasteiger charge is -2.25. The predicted molar refractivity (Wildman–Crippen MR) is 189 cm³/mol. The Labute approximate surface area is 286 Å². The summed E-state index contributed by atoms with van der Waals surface area (Å²) in [6, 6.07) is 33.7. The third kappa shape index (κ3) is 8.17. The van der Waals surface area contributed by atoms with Gasteiger partial charge in [-0.2, -0.15) is 8.78 Å². The van der Waals surface area contributed by atoms with Crippen LogP contribution < -0.4 is 9.64 Å². The fourth-order valence-electron chi connectivity index (χ4n) is 6.46. The van der Waals surface area contributed by atoms with Crippen molar-refractivity contribution in [3.05, 3.63) is 126 Å². The Hall–Kier alpha value is -5.02. The Bertz CT molecular complexity index is 1830. The smallest absolute Gasteiger partial charge is 0.414 e. The summed E-state index contributed by atoms with van der Waals surface area (Å²) >= 11 is 0. The van der Waals surface area contributed by atoms with Crippen LogP contribution in [0, 0.1) is 0 Å². The van der Waals surface area contributed by atoms with Crippen molar-refractivity contribution >= 4 is 11.8 Å². The summed E-state index contributed by atoms with van der Waals surface area (Å²) in [7, 11) is 0. The Kier molecular flexibility index (Phi) is 11.0. The minimum Gasteiger partial charge on any atom is -0.449 e. The van der Waals surface area contributed by atoms with E-state index in [4.69, 9.17) is 9.72 Å². The number of unbranched alkanes of at least 4 members (excludes halogenated alkanes) is 1. The number of imidazole rings is 1. The number of nitrogens with zero attached hydrogens (tertiary/aromatic N) is 4. The van der Waals surface area contributed by atoms with Crippen LogP contribution in [0.4, 0.5) is 19.3 Å². The van der Waals surface area contributed by atoms with Gasteiger partial charge in [-0.25, -0.2) is 9.78 Å². The molecule has 1 aliphatic heterocycles. The quantitative estimate of drug-likeness (QED) is 0.118. The van der Waals surface area contributed by atoms with Crippen LogP contribution in [0.25, 0.3) is 22.6 Å². The number of fused-ring (bicyclic) bond motifs is 1. The number of benzene rings is 4. The van der Waals surface area contributed by atoms with Crippen molar-refractivity contribution in [1.29, 1.82) is 0 Å². The highest BCUT2D eigenvalue weighted by atomic mass is 19.3. The molecule has 0 radical (unpaired) electrons. The lowest BCUT2D eigenvalue weighted by Crippen LogP contribution is -2.29. The van der Waals surface area contributed by atoms with E-state index in [0.29, 0.717) is 32.8 Å². The molecule has 0 N–H and O–H groups in total. The summed E-state index contributed by atoms with van der Waals surface area (Å²) in [6.07, 6.45) is 2.49. The van der Waals surface area contributed by atoms with Gasteiger partial charge in [-0.05, 0) is 54.7 Å². The average Bonchev–Trinajstić information content (AvgIpc) is 3.70. The van der Waals surface area contributed by atoms with Crippen molar-refractivity contribution in [2.45, 2.75) is 65.9 Å². The molecule has 0 atom stereocenters. The topological polar surface area (TPSA) is 59.8 Å². The third-order valence-corrected chi connectivity index (χ3v) is 8.75. The molecule has 254 valence electrons. The van der Waals surface area contributed by atoms with Crippen molar-refractivity contribution < 1.29 is 23.0 Å². The Morgan fingerprint density at radius 1 is 0.857 bits per heavy atom. The van der Waals surface area contributed by atoms with E-state index in [9.17, 15) is 13.6 Å². The maximum Gasteiger partial charge on any atom is 0.414 e. The lowest BCUT2D eigenvalue weighted by molar-refractivity contribution is -0.0498. The molecule has 6 rings (SSSR count). The second-order valence-corrected chi connectivity index (χ2v) is 12.2. The fraction of sp³-hybridized carbons (Fsp3) is 0.300. The number of halogens is 2. The standard InChI is InChI=1S/C40H42F2N4O3/c1-3-5-23-45-36(37(31-12-8-6-9-13-31)43-38(45)32-14-10-7-11-15-32)28-44(26-29-16-19-34(20-17-29)49-39(41)42)27-30-18-21-35-33(25-30)22-24-46(35)40(47)48-4-2/h6-21,25,39H,3-5,22-24,26-28H2,1-2H3. The molecule has 49 heavy (non-hydrogen) atoms. The Morgan fingerprint density at radius 3 is 2.20 bits per heavy atom. The first-order valence-electron chi connectivity index (χ1n) is 17.0. The van der Waals surface area contributed by atoms with Crippen LogP contribution in [0.15, 0.2) is 103 Å². The van der Waals surface area contributed by atoms with Crippen LogP contribution in [0.5, 0.6) is 5.75 Å².